The van der Waals surface area contributed by atoms with Crippen LogP contribution < -0.4 is 10.6 Å². The molecule has 0 aromatic rings. The molecule has 0 rings (SSSR count). The van der Waals surface area contributed by atoms with Crippen molar-refractivity contribution in [2.24, 2.45) is 11.8 Å². The van der Waals surface area contributed by atoms with Gasteiger partial charge in [0.05, 0.1) is 13.2 Å². The van der Waals surface area contributed by atoms with Crippen LogP contribution in [0.25, 0.3) is 0 Å². The molecule has 0 aliphatic heterocycles. The molecule has 0 aromatic carbocycles. The van der Waals surface area contributed by atoms with Gasteiger partial charge in [-0.2, -0.15) is 0 Å². The monoisotopic (exact) mass is 286 g/mol. The number of methoxy groups -OCH3 is 1. The van der Waals surface area contributed by atoms with Crippen LogP contribution in [0.15, 0.2) is 0 Å². The molecule has 0 radical (unpaired) electrons. The van der Waals surface area contributed by atoms with Crippen LogP contribution in [0.4, 0.5) is 0 Å². The molecule has 0 aliphatic rings. The molecule has 1 amide bonds. The Bertz CT molecular complexity index is 333. The van der Waals surface area contributed by atoms with E-state index in [4.69, 9.17) is 4.74 Å². The second kappa shape index (κ2) is 7.62. The number of hydrogen-bond donors (Lipinski definition) is 2. The van der Waals surface area contributed by atoms with Crippen LogP contribution in [0.5, 0.6) is 0 Å². The summed E-state index contributed by atoms with van der Waals surface area (Å²) in [5.74, 6) is -0.314. The first-order valence-corrected chi connectivity index (χ1v) is 7.15. The van der Waals surface area contributed by atoms with E-state index in [1.165, 1.54) is 7.11 Å². The summed E-state index contributed by atoms with van der Waals surface area (Å²) in [6, 6.07) is -0.918. The highest BCUT2D eigenvalue weighted by Crippen LogP contribution is 2.11. The van der Waals surface area contributed by atoms with E-state index in [1.807, 2.05) is 48.5 Å². The van der Waals surface area contributed by atoms with Gasteiger partial charge < -0.3 is 10.1 Å². The third-order valence-corrected chi connectivity index (χ3v) is 2.93. The number of amides is 1. The fraction of sp³-hybridized carbons (Fsp3) is 0.867. The Hall–Kier alpha value is -1.10. The smallest absolute Gasteiger partial charge is 0.323 e. The van der Waals surface area contributed by atoms with Crippen molar-refractivity contribution in [2.75, 3.05) is 7.11 Å². The first-order chi connectivity index (χ1) is 8.99. The number of esters is 1. The van der Waals surface area contributed by atoms with Crippen molar-refractivity contribution in [3.63, 3.8) is 0 Å². The number of rotatable bonds is 6. The zero-order valence-corrected chi connectivity index (χ0v) is 14.0. The molecule has 2 atom stereocenters. The van der Waals surface area contributed by atoms with Crippen molar-refractivity contribution in [3.05, 3.63) is 0 Å². The van der Waals surface area contributed by atoms with E-state index < -0.39 is 12.1 Å². The average Bonchev–Trinajstić information content (AvgIpc) is 2.25. The van der Waals surface area contributed by atoms with Crippen LogP contribution in [0.2, 0.25) is 0 Å². The van der Waals surface area contributed by atoms with Gasteiger partial charge in [-0.05, 0) is 32.6 Å². The van der Waals surface area contributed by atoms with Gasteiger partial charge in [0.2, 0.25) is 5.91 Å². The van der Waals surface area contributed by atoms with Crippen molar-refractivity contribution >= 4 is 11.9 Å². The van der Waals surface area contributed by atoms with Gasteiger partial charge in [-0.3, -0.25) is 14.9 Å². The Morgan fingerprint density at radius 1 is 0.950 bits per heavy atom. The third-order valence-electron chi connectivity index (χ3n) is 2.93. The van der Waals surface area contributed by atoms with Crippen molar-refractivity contribution in [1.82, 2.24) is 10.6 Å². The Balaban J connectivity index is 5.01. The van der Waals surface area contributed by atoms with E-state index in [-0.39, 0.29) is 29.3 Å². The molecule has 20 heavy (non-hydrogen) atoms. The summed E-state index contributed by atoms with van der Waals surface area (Å²) >= 11 is 0. The van der Waals surface area contributed by atoms with Crippen LogP contribution in [0.3, 0.4) is 0 Å². The fourth-order valence-corrected chi connectivity index (χ4v) is 1.87. The van der Waals surface area contributed by atoms with Gasteiger partial charge in [-0.25, -0.2) is 0 Å². The lowest BCUT2D eigenvalue weighted by molar-refractivity contribution is -0.145. The maximum absolute atomic E-state index is 12.3. The third kappa shape index (κ3) is 6.37. The normalized spacial score (nSPS) is 15.1. The minimum atomic E-state index is -0.488. The molecule has 0 heterocycles. The van der Waals surface area contributed by atoms with E-state index in [0.717, 1.165) is 0 Å². The summed E-state index contributed by atoms with van der Waals surface area (Å²) in [6.45, 7) is 13.6. The Kier molecular flexibility index (Phi) is 7.20. The van der Waals surface area contributed by atoms with E-state index >= 15 is 0 Å². The predicted octanol–water partition coefficient (Wildman–Crippen LogP) is 1.71. The SMILES string of the molecule is COC(=O)[C@@H](N[C@@H](C(=O)NC(C)(C)C)C(C)C)C(C)C. The maximum atomic E-state index is 12.3. The molecule has 0 bridgehead atoms. The Morgan fingerprint density at radius 3 is 1.70 bits per heavy atom. The molecule has 5 nitrogen and oxygen atoms in total. The lowest BCUT2D eigenvalue weighted by Gasteiger charge is -2.31. The van der Waals surface area contributed by atoms with E-state index in [1.54, 1.807) is 0 Å². The zero-order valence-electron chi connectivity index (χ0n) is 14.0. The van der Waals surface area contributed by atoms with Crippen LogP contribution in [0, 0.1) is 11.8 Å². The molecular weight excluding hydrogens is 256 g/mol. The number of nitrogens with one attached hydrogen (secondary N) is 2. The molecule has 5 heteroatoms. The second-order valence-corrected chi connectivity index (χ2v) is 6.87. The highest BCUT2D eigenvalue weighted by atomic mass is 16.5. The number of carbonyl (C=O) groups excluding carboxylic acids is 2. The highest BCUT2D eigenvalue weighted by Gasteiger charge is 2.32. The fourth-order valence-electron chi connectivity index (χ4n) is 1.87. The van der Waals surface area contributed by atoms with Gasteiger partial charge >= 0.3 is 5.97 Å². The molecule has 0 aromatic heterocycles. The van der Waals surface area contributed by atoms with Gasteiger partial charge in [0.25, 0.3) is 0 Å². The second-order valence-electron chi connectivity index (χ2n) is 6.87. The summed E-state index contributed by atoms with van der Waals surface area (Å²) in [6.07, 6.45) is 0. The number of ether oxygens (including phenoxy) is 1. The van der Waals surface area contributed by atoms with Gasteiger partial charge in [0, 0.05) is 5.54 Å². The molecule has 0 fully saturated rings. The largest absolute Gasteiger partial charge is 0.468 e. The summed E-state index contributed by atoms with van der Waals surface area (Å²) in [4.78, 5) is 24.1. The van der Waals surface area contributed by atoms with Crippen molar-refractivity contribution in [2.45, 2.75) is 66.1 Å². The topological polar surface area (TPSA) is 67.4 Å². The molecule has 0 aliphatic carbocycles. The molecule has 0 unspecified atom stereocenters. The van der Waals surface area contributed by atoms with E-state index in [0.29, 0.717) is 0 Å². The number of carbonyl (C=O) groups is 2. The first-order valence-electron chi connectivity index (χ1n) is 7.15. The first kappa shape index (κ1) is 18.9. The molecule has 118 valence electrons. The van der Waals surface area contributed by atoms with Gasteiger partial charge in [-0.15, -0.1) is 0 Å². The molecular formula is C15H30N2O3. The minimum Gasteiger partial charge on any atom is -0.468 e. The summed E-state index contributed by atoms with van der Waals surface area (Å²) < 4.78 is 4.80. The van der Waals surface area contributed by atoms with Crippen molar-refractivity contribution in [3.8, 4) is 0 Å². The Morgan fingerprint density at radius 2 is 1.40 bits per heavy atom. The lowest BCUT2D eigenvalue weighted by atomic mass is 9.97. The minimum absolute atomic E-state index is 0.0473. The predicted molar refractivity (Wildman–Crippen MR) is 80.3 cm³/mol. The summed E-state index contributed by atoms with van der Waals surface area (Å²) in [7, 11) is 1.36. The molecule has 0 saturated carbocycles. The standard InChI is InChI=1S/C15H30N2O3/c1-9(2)11(13(18)17-15(5,6)7)16-12(10(3)4)14(19)20-8/h9-12,16H,1-8H3,(H,17,18)/t11-,12+/m1/s1. The molecule has 0 saturated heterocycles. The Labute approximate surface area is 122 Å². The van der Waals surface area contributed by atoms with E-state index in [9.17, 15) is 9.59 Å². The molecule has 0 spiro atoms. The number of hydrogen-bond acceptors (Lipinski definition) is 4. The van der Waals surface area contributed by atoms with Crippen LogP contribution >= 0.6 is 0 Å². The van der Waals surface area contributed by atoms with Crippen molar-refractivity contribution in [1.29, 1.82) is 0 Å². The summed E-state index contributed by atoms with van der Waals surface area (Å²) in [5, 5.41) is 6.09. The van der Waals surface area contributed by atoms with Crippen LogP contribution in [-0.4, -0.2) is 36.6 Å². The van der Waals surface area contributed by atoms with Gasteiger partial charge in [0.15, 0.2) is 0 Å². The van der Waals surface area contributed by atoms with Gasteiger partial charge in [-0.1, -0.05) is 27.7 Å². The van der Waals surface area contributed by atoms with Crippen molar-refractivity contribution < 1.29 is 14.3 Å². The summed E-state index contributed by atoms with van der Waals surface area (Å²) in [5.41, 5.74) is -0.301. The molecule has 2 N–H and O–H groups in total. The van der Waals surface area contributed by atoms with Gasteiger partial charge in [0.1, 0.15) is 6.04 Å². The quantitative estimate of drug-likeness (QED) is 0.730. The van der Waals surface area contributed by atoms with E-state index in [2.05, 4.69) is 10.6 Å². The lowest BCUT2D eigenvalue weighted by Crippen LogP contribution is -2.57. The van der Waals surface area contributed by atoms with Crippen LogP contribution in [0.1, 0.15) is 48.5 Å². The highest BCUT2D eigenvalue weighted by molar-refractivity contribution is 5.84. The van der Waals surface area contributed by atoms with Crippen LogP contribution in [-0.2, 0) is 14.3 Å². The average molecular weight is 286 g/mol. The maximum Gasteiger partial charge on any atom is 0.323 e. The zero-order chi connectivity index (χ0) is 16.1.